The Morgan fingerprint density at radius 1 is 1.31 bits per heavy atom. The maximum atomic E-state index is 11.2. The summed E-state index contributed by atoms with van der Waals surface area (Å²) in [6, 6.07) is 0. The zero-order chi connectivity index (χ0) is 11.4. The van der Waals surface area contributed by atoms with E-state index in [0.717, 1.165) is 32.1 Å². The Morgan fingerprint density at radius 2 is 2.06 bits per heavy atom. The Labute approximate surface area is 96.2 Å². The maximum absolute atomic E-state index is 11.2. The lowest BCUT2D eigenvalue weighted by atomic mass is 9.96. The summed E-state index contributed by atoms with van der Waals surface area (Å²) in [4.78, 5) is 11.2. The van der Waals surface area contributed by atoms with E-state index in [1.54, 1.807) is 0 Å². The first-order valence-electron chi connectivity index (χ1n) is 6.09. The smallest absolute Gasteiger partial charge is 0.305 e. The largest absolute Gasteiger partial charge is 0.469 e. The highest BCUT2D eigenvalue weighted by Gasteiger charge is 2.38. The number of methoxy groups -OCH3 is 1. The Bertz CT molecular complexity index is 245. The number of carbonyl (C=O) groups is 1. The summed E-state index contributed by atoms with van der Waals surface area (Å²) >= 11 is 0. The average Bonchev–Trinajstić information content (AvgIpc) is 2.65. The van der Waals surface area contributed by atoms with Crippen LogP contribution in [0.5, 0.6) is 0 Å². The van der Waals surface area contributed by atoms with Crippen molar-refractivity contribution in [3.63, 3.8) is 0 Å². The number of hydrogen-bond donors (Lipinski definition) is 0. The minimum atomic E-state index is -0.329. The van der Waals surface area contributed by atoms with Crippen LogP contribution in [0.3, 0.4) is 0 Å². The van der Waals surface area contributed by atoms with Crippen LogP contribution in [0.25, 0.3) is 0 Å². The molecule has 0 radical (unpaired) electrons. The SMILES string of the molecule is COC(=O)CC1CCCC2(CC1)OCCO2. The van der Waals surface area contributed by atoms with Crippen LogP contribution in [0.15, 0.2) is 0 Å². The minimum Gasteiger partial charge on any atom is -0.469 e. The Hall–Kier alpha value is -0.610. The molecule has 2 rings (SSSR count). The van der Waals surface area contributed by atoms with Gasteiger partial charge in [0.15, 0.2) is 5.79 Å². The van der Waals surface area contributed by atoms with Gasteiger partial charge < -0.3 is 14.2 Å². The average molecular weight is 228 g/mol. The van der Waals surface area contributed by atoms with Gasteiger partial charge in [0.1, 0.15) is 0 Å². The van der Waals surface area contributed by atoms with Crippen molar-refractivity contribution in [3.05, 3.63) is 0 Å². The number of ether oxygens (including phenoxy) is 3. The van der Waals surface area contributed by atoms with Crippen LogP contribution in [0, 0.1) is 5.92 Å². The number of esters is 1. The van der Waals surface area contributed by atoms with E-state index in [4.69, 9.17) is 14.2 Å². The first kappa shape index (κ1) is 11.9. The molecule has 1 unspecified atom stereocenters. The maximum Gasteiger partial charge on any atom is 0.305 e. The van der Waals surface area contributed by atoms with Gasteiger partial charge in [-0.3, -0.25) is 4.79 Å². The summed E-state index contributed by atoms with van der Waals surface area (Å²) in [6.45, 7) is 1.42. The van der Waals surface area contributed by atoms with Crippen molar-refractivity contribution in [1.29, 1.82) is 0 Å². The lowest BCUT2D eigenvalue weighted by molar-refractivity contribution is -0.165. The molecule has 0 aromatic carbocycles. The van der Waals surface area contributed by atoms with Crippen LogP contribution in [0.4, 0.5) is 0 Å². The van der Waals surface area contributed by atoms with Crippen molar-refractivity contribution in [2.75, 3.05) is 20.3 Å². The summed E-state index contributed by atoms with van der Waals surface area (Å²) < 4.78 is 16.1. The summed E-state index contributed by atoms with van der Waals surface area (Å²) in [5.41, 5.74) is 0. The van der Waals surface area contributed by atoms with E-state index in [1.807, 2.05) is 0 Å². The van der Waals surface area contributed by atoms with Gasteiger partial charge in [-0.2, -0.15) is 0 Å². The lowest BCUT2D eigenvalue weighted by Crippen LogP contribution is -2.29. The number of carbonyl (C=O) groups excluding carboxylic acids is 1. The Morgan fingerprint density at radius 3 is 2.75 bits per heavy atom. The second-order valence-corrected chi connectivity index (χ2v) is 4.68. The molecule has 92 valence electrons. The zero-order valence-electron chi connectivity index (χ0n) is 9.87. The second kappa shape index (κ2) is 5.15. The molecule has 1 atom stereocenters. The molecule has 1 saturated heterocycles. The normalized spacial score (nSPS) is 28.9. The molecule has 2 aliphatic rings. The van der Waals surface area contributed by atoms with E-state index < -0.39 is 0 Å². The van der Waals surface area contributed by atoms with E-state index in [1.165, 1.54) is 7.11 Å². The van der Waals surface area contributed by atoms with Crippen LogP contribution >= 0.6 is 0 Å². The third-order valence-corrected chi connectivity index (χ3v) is 3.60. The molecule has 1 aliphatic carbocycles. The predicted molar refractivity (Wildman–Crippen MR) is 57.8 cm³/mol. The third kappa shape index (κ3) is 2.74. The molecule has 0 bridgehead atoms. The van der Waals surface area contributed by atoms with E-state index in [0.29, 0.717) is 25.6 Å². The molecule has 0 amide bonds. The van der Waals surface area contributed by atoms with E-state index in [2.05, 4.69) is 0 Å². The molecule has 2 fully saturated rings. The van der Waals surface area contributed by atoms with Gasteiger partial charge in [-0.25, -0.2) is 0 Å². The molecule has 4 heteroatoms. The summed E-state index contributed by atoms with van der Waals surface area (Å²) in [5, 5.41) is 0. The first-order valence-corrected chi connectivity index (χ1v) is 6.09. The summed E-state index contributed by atoms with van der Waals surface area (Å²) in [6.07, 6.45) is 5.55. The van der Waals surface area contributed by atoms with Gasteiger partial charge in [-0.15, -0.1) is 0 Å². The Kier molecular flexibility index (Phi) is 3.82. The standard InChI is InChI=1S/C12H20O4/c1-14-11(13)9-10-3-2-5-12(6-4-10)15-7-8-16-12/h10H,2-9H2,1H3. The van der Waals surface area contributed by atoms with E-state index in [9.17, 15) is 4.79 Å². The van der Waals surface area contributed by atoms with Crippen molar-refractivity contribution in [1.82, 2.24) is 0 Å². The second-order valence-electron chi connectivity index (χ2n) is 4.68. The van der Waals surface area contributed by atoms with Crippen LogP contribution in [-0.2, 0) is 19.0 Å². The topological polar surface area (TPSA) is 44.8 Å². The van der Waals surface area contributed by atoms with Gasteiger partial charge in [0, 0.05) is 19.3 Å². The molecule has 16 heavy (non-hydrogen) atoms. The van der Waals surface area contributed by atoms with Gasteiger partial charge in [0.2, 0.25) is 0 Å². The molecule has 0 aromatic heterocycles. The van der Waals surface area contributed by atoms with Gasteiger partial charge in [-0.1, -0.05) is 0 Å². The van der Waals surface area contributed by atoms with Gasteiger partial charge in [0.05, 0.1) is 20.3 Å². The van der Waals surface area contributed by atoms with Gasteiger partial charge in [-0.05, 0) is 25.2 Å². The van der Waals surface area contributed by atoms with Crippen LogP contribution in [-0.4, -0.2) is 32.1 Å². The number of hydrogen-bond acceptors (Lipinski definition) is 4. The Balaban J connectivity index is 1.85. The summed E-state index contributed by atoms with van der Waals surface area (Å²) in [7, 11) is 1.45. The fourth-order valence-corrected chi connectivity index (χ4v) is 2.66. The number of rotatable bonds is 2. The van der Waals surface area contributed by atoms with Crippen molar-refractivity contribution in [2.45, 2.75) is 44.3 Å². The highest BCUT2D eigenvalue weighted by molar-refractivity contribution is 5.69. The third-order valence-electron chi connectivity index (χ3n) is 3.60. The van der Waals surface area contributed by atoms with Crippen molar-refractivity contribution in [2.24, 2.45) is 5.92 Å². The molecule has 4 nitrogen and oxygen atoms in total. The van der Waals surface area contributed by atoms with Crippen LogP contribution in [0.1, 0.15) is 38.5 Å². The quantitative estimate of drug-likeness (QED) is 0.677. The van der Waals surface area contributed by atoms with Crippen molar-refractivity contribution >= 4 is 5.97 Å². The lowest BCUT2D eigenvalue weighted by Gasteiger charge is -2.25. The molecular weight excluding hydrogens is 208 g/mol. The fourth-order valence-electron chi connectivity index (χ4n) is 2.66. The van der Waals surface area contributed by atoms with E-state index in [-0.39, 0.29) is 11.8 Å². The predicted octanol–water partition coefficient (Wildman–Crippen LogP) is 1.87. The van der Waals surface area contributed by atoms with Crippen molar-refractivity contribution < 1.29 is 19.0 Å². The minimum absolute atomic E-state index is 0.103. The summed E-state index contributed by atoms with van der Waals surface area (Å²) in [5.74, 6) is -0.000879. The monoisotopic (exact) mass is 228 g/mol. The highest BCUT2D eigenvalue weighted by atomic mass is 16.7. The molecule has 0 aromatic rings. The molecule has 1 aliphatic heterocycles. The molecular formula is C12H20O4. The van der Waals surface area contributed by atoms with E-state index >= 15 is 0 Å². The molecule has 1 saturated carbocycles. The van der Waals surface area contributed by atoms with Crippen LogP contribution < -0.4 is 0 Å². The fraction of sp³-hybridized carbons (Fsp3) is 0.917. The van der Waals surface area contributed by atoms with Crippen LogP contribution in [0.2, 0.25) is 0 Å². The molecule has 1 heterocycles. The zero-order valence-corrected chi connectivity index (χ0v) is 9.87. The molecule has 1 spiro atoms. The highest BCUT2D eigenvalue weighted by Crippen LogP contribution is 2.37. The van der Waals surface area contributed by atoms with Gasteiger partial charge in [0.25, 0.3) is 0 Å². The molecule has 0 N–H and O–H groups in total. The van der Waals surface area contributed by atoms with Crippen molar-refractivity contribution in [3.8, 4) is 0 Å². The van der Waals surface area contributed by atoms with Gasteiger partial charge >= 0.3 is 5.97 Å². The first-order chi connectivity index (χ1) is 7.74.